The maximum absolute atomic E-state index is 11.1. The fourth-order valence-electron chi connectivity index (χ4n) is 6.08. The van der Waals surface area contributed by atoms with Gasteiger partial charge in [-0.25, -0.2) is 4.98 Å². The van der Waals surface area contributed by atoms with Crippen molar-refractivity contribution in [2.45, 2.75) is 43.8 Å². The molecular formula is C33H39N9O5. The van der Waals surface area contributed by atoms with Gasteiger partial charge in [-0.15, -0.1) is 0 Å². The second kappa shape index (κ2) is 14.1. The number of anilines is 2. The van der Waals surface area contributed by atoms with Gasteiger partial charge in [0.1, 0.15) is 12.2 Å². The zero-order valence-corrected chi connectivity index (χ0v) is 26.1. The molecule has 14 heteroatoms. The van der Waals surface area contributed by atoms with Crippen molar-refractivity contribution in [1.82, 2.24) is 34.6 Å². The second-order valence-corrected chi connectivity index (χ2v) is 11.7. The summed E-state index contributed by atoms with van der Waals surface area (Å²) in [6.45, 7) is 7.06. The van der Waals surface area contributed by atoms with Crippen molar-refractivity contribution in [2.24, 2.45) is 0 Å². The quantitative estimate of drug-likeness (QED) is 0.157. The Balaban J connectivity index is 1.19. The van der Waals surface area contributed by atoms with Gasteiger partial charge >= 0.3 is 0 Å². The highest BCUT2D eigenvalue weighted by Crippen LogP contribution is 2.39. The van der Waals surface area contributed by atoms with Gasteiger partial charge in [0, 0.05) is 45.1 Å². The summed E-state index contributed by atoms with van der Waals surface area (Å²) in [5.41, 5.74) is 3.28. The number of nitrogens with zero attached hydrogens (tertiary/aromatic N) is 7. The molecule has 0 amide bonds. The molecule has 0 saturated carbocycles. The number of aliphatic hydroxyl groups excluding tert-OH is 2. The van der Waals surface area contributed by atoms with Crippen molar-refractivity contribution in [2.75, 3.05) is 56.6 Å². The van der Waals surface area contributed by atoms with Crippen LogP contribution in [0.5, 0.6) is 0 Å². The molecule has 0 spiro atoms. The average molecular weight is 642 g/mol. The van der Waals surface area contributed by atoms with Crippen LogP contribution < -0.4 is 10.6 Å². The maximum Gasteiger partial charge on any atom is 0.226 e. The first-order valence-corrected chi connectivity index (χ1v) is 16.1. The molecule has 2 aromatic carbocycles. The van der Waals surface area contributed by atoms with Crippen LogP contribution in [-0.2, 0) is 15.9 Å². The smallest absolute Gasteiger partial charge is 0.226 e. The largest absolute Gasteiger partial charge is 0.387 e. The number of nitrogens with one attached hydrogen (secondary N) is 2. The Morgan fingerprint density at radius 1 is 0.915 bits per heavy atom. The molecule has 47 heavy (non-hydrogen) atoms. The number of fused-ring (bicyclic) bond motifs is 1. The predicted octanol–water partition coefficient (Wildman–Crippen LogP) is 2.75. The first-order valence-electron chi connectivity index (χ1n) is 16.1. The molecular weight excluding hydrogens is 602 g/mol. The number of hydrogen-bond acceptors (Lipinski definition) is 13. The minimum Gasteiger partial charge on any atom is -0.387 e. The van der Waals surface area contributed by atoms with E-state index in [1.807, 2.05) is 43.3 Å². The maximum atomic E-state index is 11.1. The highest BCUT2D eigenvalue weighted by atomic mass is 16.6. The van der Waals surface area contributed by atoms with Crippen molar-refractivity contribution in [1.29, 1.82) is 0 Å². The van der Waals surface area contributed by atoms with Crippen LogP contribution in [0.4, 0.5) is 11.8 Å². The minimum absolute atomic E-state index is 0.0427. The van der Waals surface area contributed by atoms with Gasteiger partial charge in [-0.2, -0.15) is 15.0 Å². The summed E-state index contributed by atoms with van der Waals surface area (Å²) in [4.78, 5) is 21.0. The van der Waals surface area contributed by atoms with E-state index in [0.29, 0.717) is 48.3 Å². The molecule has 7 rings (SSSR count). The summed E-state index contributed by atoms with van der Waals surface area (Å²) in [6, 6.07) is 20.7. The highest BCUT2D eigenvalue weighted by molar-refractivity contribution is 5.84. The van der Waals surface area contributed by atoms with E-state index in [9.17, 15) is 10.2 Å². The molecule has 0 bridgehead atoms. The lowest BCUT2D eigenvalue weighted by atomic mass is 9.91. The molecule has 0 unspecified atom stereocenters. The first kappa shape index (κ1) is 31.1. The fourth-order valence-corrected chi connectivity index (χ4v) is 6.08. The Hall–Kier alpha value is -4.47. The minimum atomic E-state index is -1.30. The zero-order chi connectivity index (χ0) is 32.2. The van der Waals surface area contributed by atoms with Crippen molar-refractivity contribution < 1.29 is 24.2 Å². The fraction of sp³-hybridized carbons (Fsp3) is 0.424. The van der Waals surface area contributed by atoms with Gasteiger partial charge in [0.25, 0.3) is 0 Å². The molecule has 3 aromatic heterocycles. The third-order valence-electron chi connectivity index (χ3n) is 8.67. The average Bonchev–Trinajstić information content (AvgIpc) is 3.84. The first-order chi connectivity index (χ1) is 23.1. The van der Waals surface area contributed by atoms with Crippen LogP contribution in [0.1, 0.15) is 48.0 Å². The summed E-state index contributed by atoms with van der Waals surface area (Å²) in [7, 11) is 0. The second-order valence-electron chi connectivity index (χ2n) is 11.7. The monoisotopic (exact) mass is 641 g/mol. The van der Waals surface area contributed by atoms with Crippen molar-refractivity contribution >= 4 is 22.9 Å². The molecule has 5 aromatic rings. The van der Waals surface area contributed by atoms with Gasteiger partial charge in [0.2, 0.25) is 17.7 Å². The molecule has 5 heterocycles. The standard InChI is InChI=1S/C33H39N9O5/c1-2-24-37-30(40-47-24)28-26(43)27(44)32(46-28)42-20-36-25-29(38-33(39-31(25)42)34-13-14-41-15-17-45-18-16-41)35-19-23(21-9-5-3-6-10-21)22-11-7-4-8-12-22/h3-12,20,23,26-28,32,43-44H,2,13-19H2,1H3,(H2,34,35,38,39)/t26-,27+,28-,32+/m0/s1. The number of rotatable bonds is 12. The van der Waals surface area contributed by atoms with E-state index in [2.05, 4.69) is 54.9 Å². The summed E-state index contributed by atoms with van der Waals surface area (Å²) >= 11 is 0. The van der Waals surface area contributed by atoms with Gasteiger partial charge in [-0.3, -0.25) is 9.47 Å². The van der Waals surface area contributed by atoms with Gasteiger partial charge < -0.3 is 34.8 Å². The summed E-state index contributed by atoms with van der Waals surface area (Å²) in [5, 5.41) is 33.0. The number of ether oxygens (including phenoxy) is 2. The number of hydrogen-bond donors (Lipinski definition) is 4. The van der Waals surface area contributed by atoms with Gasteiger partial charge in [-0.1, -0.05) is 72.7 Å². The molecule has 2 saturated heterocycles. The van der Waals surface area contributed by atoms with Crippen LogP contribution >= 0.6 is 0 Å². The van der Waals surface area contributed by atoms with Crippen LogP contribution in [-0.4, -0.2) is 103 Å². The van der Waals surface area contributed by atoms with E-state index < -0.39 is 24.5 Å². The van der Waals surface area contributed by atoms with Crippen LogP contribution in [0, 0.1) is 0 Å². The zero-order valence-electron chi connectivity index (χ0n) is 26.1. The topological polar surface area (TPSA) is 169 Å². The number of aryl methyl sites for hydroxylation is 1. The van der Waals surface area contributed by atoms with Gasteiger partial charge in [0.15, 0.2) is 29.3 Å². The number of benzene rings is 2. The summed E-state index contributed by atoms with van der Waals surface area (Å²) in [6.07, 6.45) is -2.50. The Labute approximate surface area is 271 Å². The number of morpholine rings is 1. The van der Waals surface area contributed by atoms with E-state index in [0.717, 1.165) is 32.8 Å². The number of aromatic nitrogens is 6. The van der Waals surface area contributed by atoms with Crippen LogP contribution in [0.25, 0.3) is 11.2 Å². The molecule has 246 valence electrons. The van der Waals surface area contributed by atoms with Crippen molar-refractivity contribution in [3.8, 4) is 0 Å². The molecule has 2 aliphatic heterocycles. The Kier molecular flexibility index (Phi) is 9.35. The van der Waals surface area contributed by atoms with E-state index in [1.54, 1.807) is 10.9 Å². The third-order valence-corrected chi connectivity index (χ3v) is 8.67. The van der Waals surface area contributed by atoms with Gasteiger partial charge in [0.05, 0.1) is 19.5 Å². The highest BCUT2D eigenvalue weighted by Gasteiger charge is 2.47. The number of imidazole rings is 1. The lowest BCUT2D eigenvalue weighted by Crippen LogP contribution is -2.39. The molecule has 2 aliphatic rings. The number of aliphatic hydroxyl groups is 2. The predicted molar refractivity (Wildman–Crippen MR) is 173 cm³/mol. The molecule has 14 nitrogen and oxygen atoms in total. The molecule has 4 atom stereocenters. The van der Waals surface area contributed by atoms with Crippen LogP contribution in [0.15, 0.2) is 71.5 Å². The summed E-state index contributed by atoms with van der Waals surface area (Å²) in [5.74, 6) is 1.58. The SMILES string of the molecule is CCc1nc([C@H]2O[C@@H](n3cnc4c(NCC(c5ccccc5)c5ccccc5)nc(NCCN5CCOCC5)nc43)[C@H](O)[C@@H]2O)no1. The van der Waals surface area contributed by atoms with Crippen molar-refractivity contribution in [3.63, 3.8) is 0 Å². The molecule has 2 fully saturated rings. The van der Waals surface area contributed by atoms with Crippen LogP contribution in [0.3, 0.4) is 0 Å². The Morgan fingerprint density at radius 3 is 2.32 bits per heavy atom. The Morgan fingerprint density at radius 2 is 1.64 bits per heavy atom. The normalized spacial score (nSPS) is 21.9. The van der Waals surface area contributed by atoms with E-state index in [4.69, 9.17) is 24.0 Å². The summed E-state index contributed by atoms with van der Waals surface area (Å²) < 4.78 is 18.5. The lowest BCUT2D eigenvalue weighted by molar-refractivity contribution is -0.0388. The van der Waals surface area contributed by atoms with E-state index in [-0.39, 0.29) is 11.7 Å². The van der Waals surface area contributed by atoms with E-state index >= 15 is 0 Å². The molecule has 4 N–H and O–H groups in total. The Bertz CT molecular complexity index is 1710. The van der Waals surface area contributed by atoms with Crippen LogP contribution in [0.2, 0.25) is 0 Å². The third kappa shape index (κ3) is 6.68. The molecule has 0 aliphatic carbocycles. The lowest BCUT2D eigenvalue weighted by Gasteiger charge is -2.26. The van der Waals surface area contributed by atoms with E-state index in [1.165, 1.54) is 11.1 Å². The van der Waals surface area contributed by atoms with Gasteiger partial charge in [-0.05, 0) is 11.1 Å². The molecule has 0 radical (unpaired) electrons. The van der Waals surface area contributed by atoms with Crippen molar-refractivity contribution in [3.05, 3.63) is 89.8 Å².